The van der Waals surface area contributed by atoms with E-state index in [1.807, 2.05) is 6.92 Å². The van der Waals surface area contributed by atoms with Gasteiger partial charge in [0.15, 0.2) is 0 Å². The van der Waals surface area contributed by atoms with Crippen molar-refractivity contribution in [3.8, 4) is 0 Å². The van der Waals surface area contributed by atoms with Gasteiger partial charge >= 0.3 is 5.97 Å². The van der Waals surface area contributed by atoms with Crippen LogP contribution in [0.2, 0.25) is 5.02 Å². The van der Waals surface area contributed by atoms with Crippen molar-refractivity contribution in [3.05, 3.63) is 75.0 Å². The third-order valence-electron chi connectivity index (χ3n) is 4.21. The van der Waals surface area contributed by atoms with E-state index in [9.17, 15) is 14.4 Å². The van der Waals surface area contributed by atoms with E-state index in [-0.39, 0.29) is 16.8 Å². The largest absolute Gasteiger partial charge is 0.465 e. The molecule has 1 heterocycles. The number of methoxy groups -OCH3 is 1. The number of pyridine rings is 1. The van der Waals surface area contributed by atoms with Gasteiger partial charge in [0.25, 0.3) is 5.91 Å². The molecule has 6 nitrogen and oxygen atoms in total. The molecule has 138 valence electrons. The number of aromatic nitrogens is 1. The Morgan fingerprint density at radius 1 is 1.15 bits per heavy atom. The number of hydrogen-bond acceptors (Lipinski definition) is 4. The van der Waals surface area contributed by atoms with Crippen LogP contribution in [0.1, 0.15) is 27.6 Å². The first-order chi connectivity index (χ1) is 13.0. The summed E-state index contributed by atoms with van der Waals surface area (Å²) < 4.78 is 6.52. The minimum atomic E-state index is -0.611. The van der Waals surface area contributed by atoms with E-state index in [4.69, 9.17) is 16.3 Å². The van der Waals surface area contributed by atoms with Crippen LogP contribution in [0.15, 0.2) is 53.5 Å². The summed E-state index contributed by atoms with van der Waals surface area (Å²) in [5.41, 5.74) is 0.700. The van der Waals surface area contributed by atoms with Crippen LogP contribution < -0.4 is 10.7 Å². The lowest BCUT2D eigenvalue weighted by Crippen LogP contribution is -2.24. The number of halogens is 1. The molecule has 1 N–H and O–H groups in total. The first-order valence-corrected chi connectivity index (χ1v) is 8.65. The second kappa shape index (κ2) is 7.63. The molecule has 2 aromatic carbocycles. The van der Waals surface area contributed by atoms with Crippen molar-refractivity contribution >= 4 is 40.1 Å². The Morgan fingerprint density at radius 3 is 2.59 bits per heavy atom. The topological polar surface area (TPSA) is 77.4 Å². The number of nitrogens with zero attached hydrogens (tertiary/aromatic N) is 1. The van der Waals surface area contributed by atoms with Crippen molar-refractivity contribution < 1.29 is 14.3 Å². The fraction of sp³-hybridized carbons (Fsp3) is 0.150. The average Bonchev–Trinajstić information content (AvgIpc) is 2.68. The number of fused-ring (bicyclic) bond motifs is 1. The molecular formula is C20H17ClN2O4. The van der Waals surface area contributed by atoms with Crippen molar-refractivity contribution in [2.75, 3.05) is 12.4 Å². The van der Waals surface area contributed by atoms with Crippen molar-refractivity contribution in [2.24, 2.45) is 0 Å². The molecule has 1 amide bonds. The van der Waals surface area contributed by atoms with E-state index >= 15 is 0 Å². The summed E-state index contributed by atoms with van der Waals surface area (Å²) in [4.78, 5) is 37.5. The predicted molar refractivity (Wildman–Crippen MR) is 105 cm³/mol. The van der Waals surface area contributed by atoms with Gasteiger partial charge in [0.1, 0.15) is 5.56 Å². The molecule has 3 aromatic rings. The molecule has 0 fully saturated rings. The van der Waals surface area contributed by atoms with Gasteiger partial charge in [-0.3, -0.25) is 9.59 Å². The third-order valence-corrected chi connectivity index (χ3v) is 4.44. The van der Waals surface area contributed by atoms with E-state index in [2.05, 4.69) is 5.32 Å². The van der Waals surface area contributed by atoms with Crippen LogP contribution in [0.3, 0.4) is 0 Å². The lowest BCUT2D eigenvalue weighted by molar-refractivity contribution is 0.0602. The zero-order valence-corrected chi connectivity index (χ0v) is 15.5. The minimum Gasteiger partial charge on any atom is -0.465 e. The van der Waals surface area contributed by atoms with E-state index in [0.717, 1.165) is 0 Å². The first kappa shape index (κ1) is 18.7. The molecular weight excluding hydrogens is 368 g/mol. The summed E-state index contributed by atoms with van der Waals surface area (Å²) in [7, 11) is 1.26. The maximum Gasteiger partial charge on any atom is 0.339 e. The lowest BCUT2D eigenvalue weighted by atomic mass is 10.1. The number of aryl methyl sites for hydroxylation is 1. The molecule has 0 aliphatic rings. The number of benzene rings is 2. The molecule has 7 heteroatoms. The van der Waals surface area contributed by atoms with Gasteiger partial charge in [-0.25, -0.2) is 4.79 Å². The van der Waals surface area contributed by atoms with Crippen LogP contribution in [0, 0.1) is 0 Å². The highest BCUT2D eigenvalue weighted by Gasteiger charge is 2.18. The highest BCUT2D eigenvalue weighted by Crippen LogP contribution is 2.20. The Kier molecular flexibility index (Phi) is 5.28. The van der Waals surface area contributed by atoms with E-state index in [0.29, 0.717) is 22.5 Å². The molecule has 0 spiro atoms. The standard InChI is InChI=1S/C20H17ClN2O4/c1-3-23-11-15(18(24)14-10-12(21)8-9-17(14)23)19(25)22-16-7-5-4-6-13(16)20(26)27-2/h4-11H,3H2,1-2H3,(H,22,25). The van der Waals surface area contributed by atoms with Gasteiger partial charge in [-0.15, -0.1) is 0 Å². The summed E-state index contributed by atoms with van der Waals surface area (Å²) in [5.74, 6) is -1.19. The van der Waals surface area contributed by atoms with Crippen molar-refractivity contribution in [1.82, 2.24) is 4.57 Å². The maximum atomic E-state index is 12.8. The number of hydrogen-bond donors (Lipinski definition) is 1. The van der Waals surface area contributed by atoms with Crippen LogP contribution in [-0.4, -0.2) is 23.6 Å². The van der Waals surface area contributed by atoms with Gasteiger partial charge < -0.3 is 14.6 Å². The van der Waals surface area contributed by atoms with Gasteiger partial charge in [-0.05, 0) is 37.3 Å². The SMILES string of the molecule is CCn1cc(C(=O)Nc2ccccc2C(=O)OC)c(=O)c2cc(Cl)ccc21. The van der Waals surface area contributed by atoms with Crippen molar-refractivity contribution in [3.63, 3.8) is 0 Å². The molecule has 0 atom stereocenters. The number of para-hydroxylation sites is 1. The number of ether oxygens (including phenoxy) is 1. The first-order valence-electron chi connectivity index (χ1n) is 8.27. The summed E-state index contributed by atoms with van der Waals surface area (Å²) in [6, 6.07) is 11.4. The van der Waals surface area contributed by atoms with Gasteiger partial charge in [-0.2, -0.15) is 0 Å². The Labute approximate surface area is 160 Å². The highest BCUT2D eigenvalue weighted by molar-refractivity contribution is 6.31. The number of carbonyl (C=O) groups is 2. The fourth-order valence-corrected chi connectivity index (χ4v) is 3.03. The number of amides is 1. The van der Waals surface area contributed by atoms with Gasteiger partial charge in [0.05, 0.1) is 23.9 Å². The van der Waals surface area contributed by atoms with Crippen LogP contribution in [0.5, 0.6) is 0 Å². The fourth-order valence-electron chi connectivity index (χ4n) is 2.86. The zero-order valence-electron chi connectivity index (χ0n) is 14.8. The normalized spacial score (nSPS) is 10.6. The maximum absolute atomic E-state index is 12.8. The quantitative estimate of drug-likeness (QED) is 0.695. The Bertz CT molecular complexity index is 1100. The summed E-state index contributed by atoms with van der Waals surface area (Å²) in [6.07, 6.45) is 1.51. The monoisotopic (exact) mass is 384 g/mol. The van der Waals surface area contributed by atoms with E-state index in [1.165, 1.54) is 19.4 Å². The second-order valence-corrected chi connectivity index (χ2v) is 6.25. The molecule has 27 heavy (non-hydrogen) atoms. The molecule has 0 aliphatic heterocycles. The van der Waals surface area contributed by atoms with Crippen LogP contribution in [-0.2, 0) is 11.3 Å². The molecule has 0 saturated carbocycles. The van der Waals surface area contributed by atoms with Crippen LogP contribution in [0.4, 0.5) is 5.69 Å². The summed E-state index contributed by atoms with van der Waals surface area (Å²) in [5, 5.41) is 3.40. The van der Waals surface area contributed by atoms with E-state index < -0.39 is 17.3 Å². The second-order valence-electron chi connectivity index (χ2n) is 5.81. The molecule has 0 saturated heterocycles. The minimum absolute atomic E-state index is 0.0358. The Balaban J connectivity index is 2.09. The number of carbonyl (C=O) groups excluding carboxylic acids is 2. The molecule has 1 aromatic heterocycles. The summed E-state index contributed by atoms with van der Waals surface area (Å²) in [6.45, 7) is 2.48. The van der Waals surface area contributed by atoms with E-state index in [1.54, 1.807) is 41.0 Å². The molecule has 3 rings (SSSR count). The smallest absolute Gasteiger partial charge is 0.339 e. The van der Waals surface area contributed by atoms with Crippen LogP contribution in [0.25, 0.3) is 10.9 Å². The summed E-state index contributed by atoms with van der Waals surface area (Å²) >= 11 is 6.02. The van der Waals surface area contributed by atoms with Gasteiger partial charge in [0, 0.05) is 23.2 Å². The van der Waals surface area contributed by atoms with Crippen molar-refractivity contribution in [1.29, 1.82) is 0 Å². The predicted octanol–water partition coefficient (Wildman–Crippen LogP) is 3.71. The Hall–Kier alpha value is -3.12. The van der Waals surface area contributed by atoms with Gasteiger partial charge in [0.2, 0.25) is 5.43 Å². The molecule has 0 bridgehead atoms. The van der Waals surface area contributed by atoms with Crippen molar-refractivity contribution in [2.45, 2.75) is 13.5 Å². The molecule has 0 unspecified atom stereocenters. The number of rotatable bonds is 4. The molecule has 0 aliphatic carbocycles. The molecule has 0 radical (unpaired) electrons. The number of anilines is 1. The number of esters is 1. The number of nitrogens with one attached hydrogen (secondary N) is 1. The zero-order chi connectivity index (χ0) is 19.6. The lowest BCUT2D eigenvalue weighted by Gasteiger charge is -2.13. The highest BCUT2D eigenvalue weighted by atomic mass is 35.5. The average molecular weight is 385 g/mol. The van der Waals surface area contributed by atoms with Crippen LogP contribution >= 0.6 is 11.6 Å². The third kappa shape index (κ3) is 3.57. The Morgan fingerprint density at radius 2 is 1.89 bits per heavy atom. The van der Waals surface area contributed by atoms with Gasteiger partial charge in [-0.1, -0.05) is 23.7 Å².